The van der Waals surface area contributed by atoms with Crippen LogP contribution in [0.25, 0.3) is 0 Å². The van der Waals surface area contributed by atoms with Gasteiger partial charge in [0.25, 0.3) is 0 Å². The van der Waals surface area contributed by atoms with Crippen LogP contribution in [0.15, 0.2) is 24.3 Å². The van der Waals surface area contributed by atoms with E-state index in [4.69, 9.17) is 9.84 Å². The van der Waals surface area contributed by atoms with Crippen LogP contribution in [0.2, 0.25) is 0 Å². The summed E-state index contributed by atoms with van der Waals surface area (Å²) in [6, 6.07) is 7.43. The molecule has 6 heteroatoms. The minimum absolute atomic E-state index is 0.0936. The highest BCUT2D eigenvalue weighted by molar-refractivity contribution is 5.81. The quantitative estimate of drug-likeness (QED) is 0.740. The lowest BCUT2D eigenvalue weighted by Gasteiger charge is -2.23. The number of ether oxygens (including phenoxy) is 1. The van der Waals surface area contributed by atoms with Crippen molar-refractivity contribution in [2.45, 2.75) is 26.3 Å². The van der Waals surface area contributed by atoms with Gasteiger partial charge in [0.2, 0.25) is 5.91 Å². The lowest BCUT2D eigenvalue weighted by Crippen LogP contribution is -2.45. The third-order valence-corrected chi connectivity index (χ3v) is 4.16. The molecule has 1 saturated heterocycles. The first-order valence-electron chi connectivity index (χ1n) is 7.91. The van der Waals surface area contributed by atoms with Gasteiger partial charge in [-0.25, -0.2) is 0 Å². The van der Waals surface area contributed by atoms with E-state index in [0.717, 1.165) is 11.3 Å². The normalized spacial score (nSPS) is 19.3. The zero-order chi connectivity index (χ0) is 16.8. The van der Waals surface area contributed by atoms with Crippen molar-refractivity contribution >= 4 is 11.9 Å². The predicted molar refractivity (Wildman–Crippen MR) is 86.5 cm³/mol. The van der Waals surface area contributed by atoms with Crippen molar-refractivity contribution in [2.24, 2.45) is 5.92 Å². The first-order valence-corrected chi connectivity index (χ1v) is 7.91. The van der Waals surface area contributed by atoms with Crippen LogP contribution < -0.4 is 10.1 Å². The number of nitrogens with one attached hydrogen (secondary N) is 1. The van der Waals surface area contributed by atoms with Crippen molar-refractivity contribution in [2.75, 3.05) is 26.2 Å². The number of aliphatic carboxylic acids is 1. The molecule has 1 aromatic rings. The summed E-state index contributed by atoms with van der Waals surface area (Å²) in [7, 11) is 0. The molecule has 1 aliphatic rings. The Bertz CT molecular complexity index is 561. The molecule has 2 atom stereocenters. The minimum Gasteiger partial charge on any atom is -0.492 e. The molecule has 23 heavy (non-hydrogen) atoms. The van der Waals surface area contributed by atoms with Gasteiger partial charge in [-0.3, -0.25) is 14.5 Å². The highest BCUT2D eigenvalue weighted by Crippen LogP contribution is 2.18. The summed E-state index contributed by atoms with van der Waals surface area (Å²) in [6.07, 6.45) is 0.601. The maximum Gasteiger partial charge on any atom is 0.307 e. The molecule has 2 N–H and O–H groups in total. The fourth-order valence-corrected chi connectivity index (χ4v) is 2.70. The van der Waals surface area contributed by atoms with Crippen LogP contribution in [-0.4, -0.2) is 54.2 Å². The number of carbonyl (C=O) groups is 2. The number of amides is 1. The van der Waals surface area contributed by atoms with Gasteiger partial charge >= 0.3 is 5.97 Å². The molecule has 0 aromatic heterocycles. The molecule has 1 amide bonds. The minimum atomic E-state index is -0.785. The number of aryl methyl sites for hydroxylation is 1. The fourth-order valence-electron chi connectivity index (χ4n) is 2.70. The highest BCUT2D eigenvalue weighted by atomic mass is 16.5. The van der Waals surface area contributed by atoms with Crippen LogP contribution in [0.1, 0.15) is 18.9 Å². The topological polar surface area (TPSA) is 78.9 Å². The molecular formula is C17H24N2O4. The average molecular weight is 320 g/mol. The van der Waals surface area contributed by atoms with E-state index in [1.54, 1.807) is 6.92 Å². The van der Waals surface area contributed by atoms with Crippen molar-refractivity contribution in [3.8, 4) is 5.75 Å². The summed E-state index contributed by atoms with van der Waals surface area (Å²) in [4.78, 5) is 25.0. The summed E-state index contributed by atoms with van der Waals surface area (Å²) >= 11 is 0. The molecule has 1 aliphatic heterocycles. The van der Waals surface area contributed by atoms with Crippen molar-refractivity contribution in [3.05, 3.63) is 29.8 Å². The van der Waals surface area contributed by atoms with Crippen molar-refractivity contribution in [3.63, 3.8) is 0 Å². The Hall–Kier alpha value is -2.08. The molecule has 1 heterocycles. The first-order chi connectivity index (χ1) is 11.0. The molecule has 126 valence electrons. The van der Waals surface area contributed by atoms with Gasteiger partial charge < -0.3 is 15.2 Å². The number of rotatable bonds is 7. The molecule has 1 aromatic carbocycles. The van der Waals surface area contributed by atoms with E-state index in [9.17, 15) is 9.59 Å². The highest BCUT2D eigenvalue weighted by Gasteiger charge is 2.32. The number of hydrogen-bond acceptors (Lipinski definition) is 4. The molecule has 0 aliphatic carbocycles. The van der Waals surface area contributed by atoms with Gasteiger partial charge in [0.05, 0.1) is 18.5 Å². The first kappa shape index (κ1) is 17.3. The largest absolute Gasteiger partial charge is 0.492 e. The zero-order valence-corrected chi connectivity index (χ0v) is 13.6. The summed E-state index contributed by atoms with van der Waals surface area (Å²) in [5.74, 6) is -0.457. The second kappa shape index (κ2) is 7.97. The van der Waals surface area contributed by atoms with E-state index >= 15 is 0 Å². The number of carboxylic acids is 1. The Kier molecular flexibility index (Phi) is 5.98. The number of hydrogen-bond donors (Lipinski definition) is 2. The van der Waals surface area contributed by atoms with Gasteiger partial charge in [-0.05, 0) is 44.5 Å². The van der Waals surface area contributed by atoms with Crippen LogP contribution in [-0.2, 0) is 9.59 Å². The van der Waals surface area contributed by atoms with Crippen LogP contribution >= 0.6 is 0 Å². The number of benzene rings is 1. The van der Waals surface area contributed by atoms with Gasteiger partial charge in [0.15, 0.2) is 0 Å². The van der Waals surface area contributed by atoms with E-state index < -0.39 is 5.97 Å². The zero-order valence-electron chi connectivity index (χ0n) is 13.6. The van der Waals surface area contributed by atoms with E-state index in [0.29, 0.717) is 32.7 Å². The van der Waals surface area contributed by atoms with E-state index in [1.807, 2.05) is 36.1 Å². The van der Waals surface area contributed by atoms with Crippen LogP contribution in [0.3, 0.4) is 0 Å². The monoisotopic (exact) mass is 320 g/mol. The molecule has 0 bridgehead atoms. The average Bonchev–Trinajstić information content (AvgIpc) is 3.01. The number of carboxylic acid groups (broad SMARTS) is 1. The number of likely N-dealkylation sites (tertiary alicyclic amines) is 1. The molecule has 0 saturated carbocycles. The van der Waals surface area contributed by atoms with Gasteiger partial charge in [-0.1, -0.05) is 12.1 Å². The Morgan fingerprint density at radius 2 is 2.26 bits per heavy atom. The third kappa shape index (κ3) is 4.96. The standard InChI is InChI=1S/C17H24N2O4/c1-12-4-3-5-15(10-12)23-9-7-18-16(20)13(2)19-8-6-14(11-19)17(21)22/h3-5,10,13-14H,6-9,11H2,1-2H3,(H,18,20)(H,21,22). The maximum atomic E-state index is 12.1. The smallest absolute Gasteiger partial charge is 0.307 e. The Balaban J connectivity index is 1.69. The van der Waals surface area contributed by atoms with Crippen molar-refractivity contribution in [1.29, 1.82) is 0 Å². The van der Waals surface area contributed by atoms with Crippen molar-refractivity contribution < 1.29 is 19.4 Å². The van der Waals surface area contributed by atoms with Gasteiger partial charge in [-0.2, -0.15) is 0 Å². The summed E-state index contributed by atoms with van der Waals surface area (Å²) in [5.41, 5.74) is 1.13. The predicted octanol–water partition coefficient (Wildman–Crippen LogP) is 1.29. The van der Waals surface area contributed by atoms with Crippen LogP contribution in [0.5, 0.6) is 5.75 Å². The Morgan fingerprint density at radius 1 is 1.48 bits per heavy atom. The third-order valence-electron chi connectivity index (χ3n) is 4.16. The van der Waals surface area contributed by atoms with Gasteiger partial charge in [0.1, 0.15) is 12.4 Å². The molecule has 2 unspecified atom stereocenters. The number of nitrogens with zero attached hydrogens (tertiary/aromatic N) is 1. The Morgan fingerprint density at radius 3 is 2.91 bits per heavy atom. The molecule has 0 spiro atoms. The molecule has 0 radical (unpaired) electrons. The summed E-state index contributed by atoms with van der Waals surface area (Å²) in [5, 5.41) is 11.8. The molecule has 6 nitrogen and oxygen atoms in total. The Labute approximate surface area is 136 Å². The summed E-state index contributed by atoms with van der Waals surface area (Å²) < 4.78 is 5.58. The number of carbonyl (C=O) groups excluding carboxylic acids is 1. The van der Waals surface area contributed by atoms with E-state index in [-0.39, 0.29) is 17.9 Å². The lowest BCUT2D eigenvalue weighted by atomic mass is 10.1. The van der Waals surface area contributed by atoms with E-state index in [2.05, 4.69) is 5.32 Å². The van der Waals surface area contributed by atoms with Crippen molar-refractivity contribution in [1.82, 2.24) is 10.2 Å². The second-order valence-electron chi connectivity index (χ2n) is 5.95. The fraction of sp³-hybridized carbons (Fsp3) is 0.529. The molecule has 1 fully saturated rings. The molecular weight excluding hydrogens is 296 g/mol. The van der Waals surface area contributed by atoms with Gasteiger partial charge in [-0.15, -0.1) is 0 Å². The van der Waals surface area contributed by atoms with Crippen LogP contribution in [0.4, 0.5) is 0 Å². The van der Waals surface area contributed by atoms with E-state index in [1.165, 1.54) is 0 Å². The SMILES string of the molecule is Cc1cccc(OCCNC(=O)C(C)N2CCC(C(=O)O)C2)c1. The lowest BCUT2D eigenvalue weighted by molar-refractivity contribution is -0.141. The van der Waals surface area contributed by atoms with Gasteiger partial charge in [0, 0.05) is 6.54 Å². The molecule has 2 rings (SSSR count). The van der Waals surface area contributed by atoms with Crippen LogP contribution in [0, 0.1) is 12.8 Å². The summed E-state index contributed by atoms with van der Waals surface area (Å²) in [6.45, 7) is 5.71. The maximum absolute atomic E-state index is 12.1. The second-order valence-corrected chi connectivity index (χ2v) is 5.95.